The van der Waals surface area contributed by atoms with Crippen LogP contribution in [0.1, 0.15) is 35.5 Å². The van der Waals surface area contributed by atoms with Crippen molar-refractivity contribution < 1.29 is 4.79 Å². The molecule has 2 aromatic heterocycles. The minimum Gasteiger partial charge on any atom is -0.380 e. The van der Waals surface area contributed by atoms with Crippen LogP contribution in [-0.4, -0.2) is 29.0 Å². The Bertz CT molecular complexity index is 937. The predicted molar refractivity (Wildman–Crippen MR) is 118 cm³/mol. The van der Waals surface area contributed by atoms with Crippen molar-refractivity contribution in [2.45, 2.75) is 27.3 Å². The smallest absolute Gasteiger partial charge is 0.274 e. The third-order valence-electron chi connectivity index (χ3n) is 4.83. The van der Waals surface area contributed by atoms with E-state index in [2.05, 4.69) is 45.4 Å². The molecule has 3 rings (SSSR count). The van der Waals surface area contributed by atoms with Crippen molar-refractivity contribution in [3.63, 3.8) is 0 Å². The van der Waals surface area contributed by atoms with Crippen LogP contribution in [0, 0.1) is 6.92 Å². The number of rotatable bonds is 8. The fourth-order valence-corrected chi connectivity index (χ4v) is 3.10. The Kier molecular flexibility index (Phi) is 6.79. The van der Waals surface area contributed by atoms with Gasteiger partial charge < -0.3 is 15.5 Å². The minimum absolute atomic E-state index is 0.218. The van der Waals surface area contributed by atoms with Gasteiger partial charge in [-0.15, -0.1) is 0 Å². The molecule has 0 aliphatic rings. The molecule has 0 atom stereocenters. The maximum Gasteiger partial charge on any atom is 0.274 e. The number of amides is 1. The number of hydrogen-bond donors (Lipinski definition) is 2. The van der Waals surface area contributed by atoms with Crippen molar-refractivity contribution in [2.75, 3.05) is 28.6 Å². The number of pyridine rings is 2. The molecular formula is C23H27N5O. The number of aryl methyl sites for hydroxylation is 1. The highest BCUT2D eigenvalue weighted by Gasteiger charge is 2.11. The fourth-order valence-electron chi connectivity index (χ4n) is 3.10. The lowest BCUT2D eigenvalue weighted by Crippen LogP contribution is -2.22. The van der Waals surface area contributed by atoms with Crippen LogP contribution in [0.25, 0.3) is 0 Å². The quantitative estimate of drug-likeness (QED) is 0.594. The van der Waals surface area contributed by atoms with E-state index >= 15 is 0 Å². The first kappa shape index (κ1) is 20.3. The lowest BCUT2D eigenvalue weighted by molar-refractivity contribution is 0.102. The third kappa shape index (κ3) is 5.31. The summed E-state index contributed by atoms with van der Waals surface area (Å²) >= 11 is 0. The average molecular weight is 390 g/mol. The normalized spacial score (nSPS) is 10.4. The zero-order chi connectivity index (χ0) is 20.6. The Morgan fingerprint density at radius 2 is 1.79 bits per heavy atom. The standard InChI is InChI=1S/C23H27N5O/c1-4-28(5-2)20-7-9-21(17(3)14-20)27-23(29)22-8-6-19(16-26-22)25-15-18-10-12-24-13-11-18/h6-14,16,25H,4-5,15H2,1-3H3,(H,27,29). The highest BCUT2D eigenvalue weighted by atomic mass is 16.1. The first-order chi connectivity index (χ1) is 14.1. The molecule has 0 radical (unpaired) electrons. The molecule has 150 valence electrons. The fraction of sp³-hybridized carbons (Fsp3) is 0.261. The molecule has 1 aromatic carbocycles. The predicted octanol–water partition coefficient (Wildman–Crippen LogP) is 4.50. The van der Waals surface area contributed by atoms with E-state index in [1.807, 2.05) is 37.3 Å². The van der Waals surface area contributed by atoms with E-state index in [1.165, 1.54) is 0 Å². The van der Waals surface area contributed by atoms with Crippen LogP contribution >= 0.6 is 0 Å². The summed E-state index contributed by atoms with van der Waals surface area (Å²) in [6, 6.07) is 13.6. The average Bonchev–Trinajstić information content (AvgIpc) is 2.76. The summed E-state index contributed by atoms with van der Waals surface area (Å²) in [6.45, 7) is 8.85. The summed E-state index contributed by atoms with van der Waals surface area (Å²) in [5, 5.41) is 6.25. The Hall–Kier alpha value is -3.41. The van der Waals surface area contributed by atoms with Crippen LogP contribution < -0.4 is 15.5 Å². The van der Waals surface area contributed by atoms with Gasteiger partial charge in [0.05, 0.1) is 11.9 Å². The van der Waals surface area contributed by atoms with Gasteiger partial charge in [0.15, 0.2) is 0 Å². The highest BCUT2D eigenvalue weighted by Crippen LogP contribution is 2.23. The first-order valence-electron chi connectivity index (χ1n) is 9.86. The van der Waals surface area contributed by atoms with Gasteiger partial charge in [-0.3, -0.25) is 9.78 Å². The lowest BCUT2D eigenvalue weighted by Gasteiger charge is -2.22. The summed E-state index contributed by atoms with van der Waals surface area (Å²) in [7, 11) is 0. The molecule has 0 unspecified atom stereocenters. The molecule has 6 heteroatoms. The van der Waals surface area contributed by atoms with Crippen LogP contribution in [0.4, 0.5) is 17.1 Å². The Morgan fingerprint density at radius 3 is 2.41 bits per heavy atom. The molecule has 0 aliphatic carbocycles. The molecule has 1 amide bonds. The molecule has 3 aromatic rings. The van der Waals surface area contributed by atoms with Gasteiger partial charge in [0.1, 0.15) is 5.69 Å². The number of benzene rings is 1. The van der Waals surface area contributed by atoms with Gasteiger partial charge in [-0.2, -0.15) is 0 Å². The molecule has 0 bridgehead atoms. The third-order valence-corrected chi connectivity index (χ3v) is 4.83. The van der Waals surface area contributed by atoms with Gasteiger partial charge in [0.2, 0.25) is 0 Å². The van der Waals surface area contributed by atoms with Crippen molar-refractivity contribution in [2.24, 2.45) is 0 Å². The molecule has 0 aliphatic heterocycles. The zero-order valence-electron chi connectivity index (χ0n) is 17.1. The van der Waals surface area contributed by atoms with E-state index < -0.39 is 0 Å². The molecule has 0 fully saturated rings. The monoisotopic (exact) mass is 389 g/mol. The number of hydrogen-bond acceptors (Lipinski definition) is 5. The largest absolute Gasteiger partial charge is 0.380 e. The molecular weight excluding hydrogens is 362 g/mol. The maximum absolute atomic E-state index is 12.6. The van der Waals surface area contributed by atoms with E-state index in [-0.39, 0.29) is 5.91 Å². The first-order valence-corrected chi connectivity index (χ1v) is 9.86. The number of nitrogens with zero attached hydrogens (tertiary/aromatic N) is 3. The van der Waals surface area contributed by atoms with Gasteiger partial charge in [-0.05, 0) is 74.4 Å². The topological polar surface area (TPSA) is 70.2 Å². The molecule has 0 saturated carbocycles. The summed E-state index contributed by atoms with van der Waals surface area (Å²) in [6.07, 6.45) is 5.20. The van der Waals surface area contributed by atoms with Crippen molar-refractivity contribution in [1.82, 2.24) is 9.97 Å². The second kappa shape index (κ2) is 9.68. The molecule has 29 heavy (non-hydrogen) atoms. The SMILES string of the molecule is CCN(CC)c1ccc(NC(=O)c2ccc(NCc3ccncc3)cn2)c(C)c1. The van der Waals surface area contributed by atoms with Gasteiger partial charge in [-0.25, -0.2) is 4.98 Å². The zero-order valence-corrected chi connectivity index (χ0v) is 17.1. The molecule has 0 saturated heterocycles. The highest BCUT2D eigenvalue weighted by molar-refractivity contribution is 6.03. The summed E-state index contributed by atoms with van der Waals surface area (Å²) < 4.78 is 0. The number of nitrogens with one attached hydrogen (secondary N) is 2. The van der Waals surface area contributed by atoms with Gasteiger partial charge in [0.25, 0.3) is 5.91 Å². The van der Waals surface area contributed by atoms with Gasteiger partial charge in [-0.1, -0.05) is 0 Å². The number of carbonyl (C=O) groups is 1. The number of aromatic nitrogens is 2. The van der Waals surface area contributed by atoms with Crippen molar-refractivity contribution in [3.8, 4) is 0 Å². The van der Waals surface area contributed by atoms with Crippen LogP contribution in [-0.2, 0) is 6.54 Å². The van der Waals surface area contributed by atoms with Crippen LogP contribution in [0.3, 0.4) is 0 Å². The van der Waals surface area contributed by atoms with Gasteiger partial charge in [0, 0.05) is 43.4 Å². The molecule has 6 nitrogen and oxygen atoms in total. The summed E-state index contributed by atoms with van der Waals surface area (Å²) in [4.78, 5) is 23.2. The molecule has 2 heterocycles. The molecule has 2 N–H and O–H groups in total. The van der Waals surface area contributed by atoms with Crippen molar-refractivity contribution in [1.29, 1.82) is 0 Å². The number of anilines is 3. The van der Waals surface area contributed by atoms with Crippen molar-refractivity contribution >= 4 is 23.0 Å². The van der Waals surface area contributed by atoms with Crippen LogP contribution in [0.5, 0.6) is 0 Å². The maximum atomic E-state index is 12.6. The van der Waals surface area contributed by atoms with E-state index in [4.69, 9.17) is 0 Å². The van der Waals surface area contributed by atoms with E-state index in [9.17, 15) is 4.79 Å². The second-order valence-electron chi connectivity index (χ2n) is 6.77. The lowest BCUT2D eigenvalue weighted by atomic mass is 10.1. The summed E-state index contributed by atoms with van der Waals surface area (Å²) in [5.41, 5.74) is 5.36. The van der Waals surface area contributed by atoms with E-state index in [0.717, 1.165) is 41.3 Å². The van der Waals surface area contributed by atoms with Gasteiger partial charge >= 0.3 is 0 Å². The van der Waals surface area contributed by atoms with E-state index in [0.29, 0.717) is 12.2 Å². The van der Waals surface area contributed by atoms with Crippen LogP contribution in [0.15, 0.2) is 61.1 Å². The van der Waals surface area contributed by atoms with Crippen molar-refractivity contribution in [3.05, 3.63) is 77.9 Å². The van der Waals surface area contributed by atoms with E-state index in [1.54, 1.807) is 24.7 Å². The molecule has 0 spiro atoms. The summed E-state index contributed by atoms with van der Waals surface area (Å²) in [5.74, 6) is -0.218. The number of carbonyl (C=O) groups excluding carboxylic acids is 1. The Morgan fingerprint density at radius 1 is 1.03 bits per heavy atom. The Labute approximate surface area is 172 Å². The second-order valence-corrected chi connectivity index (χ2v) is 6.77. The Balaban J connectivity index is 1.62. The minimum atomic E-state index is -0.218. The van der Waals surface area contributed by atoms with Crippen LogP contribution in [0.2, 0.25) is 0 Å².